The van der Waals surface area contributed by atoms with E-state index in [9.17, 15) is 0 Å². The first kappa shape index (κ1) is 13.2. The lowest BCUT2D eigenvalue weighted by Crippen LogP contribution is -2.10. The molecule has 0 aromatic carbocycles. The molecule has 0 heterocycles. The van der Waals surface area contributed by atoms with Crippen molar-refractivity contribution in [2.24, 2.45) is 10.8 Å². The zero-order chi connectivity index (χ0) is 10.5. The lowest BCUT2D eigenvalue weighted by Gasteiger charge is -2.03. The van der Waals surface area contributed by atoms with E-state index < -0.39 is 0 Å². The second-order valence-electron chi connectivity index (χ2n) is 2.67. The van der Waals surface area contributed by atoms with Crippen molar-refractivity contribution in [1.82, 2.24) is 0 Å². The summed E-state index contributed by atoms with van der Waals surface area (Å²) in [6, 6.07) is 0. The lowest BCUT2D eigenvalue weighted by atomic mass is 10.4. The maximum Gasteiger partial charge on any atom is 0.0588 e. The highest BCUT2D eigenvalue weighted by molar-refractivity contribution is 4.46. The molecule has 0 fully saturated rings. The van der Waals surface area contributed by atoms with Crippen LogP contribution in [0.15, 0.2) is 5.11 Å². The molecule has 0 atom stereocenters. The van der Waals surface area contributed by atoms with E-state index in [1.807, 2.05) is 0 Å². The Labute approximate surface area is 84.0 Å². The maximum absolute atomic E-state index is 7.98. The van der Waals surface area contributed by atoms with E-state index in [0.717, 1.165) is 12.8 Å². The Bertz CT molecular complexity index is 159. The fraction of sp³-hybridized carbons (Fsp3) is 1.00. The molecule has 0 saturated heterocycles. The summed E-state index contributed by atoms with van der Waals surface area (Å²) in [6.07, 6.45) is 1.65. The van der Waals surface area contributed by atoms with Crippen molar-refractivity contribution >= 4 is 0 Å². The van der Waals surface area contributed by atoms with E-state index in [2.05, 4.69) is 10.0 Å². The van der Waals surface area contributed by atoms with Crippen LogP contribution in [0, 0.1) is 0 Å². The number of rotatable bonds is 10. The molecule has 0 aromatic rings. The van der Waals surface area contributed by atoms with Gasteiger partial charge in [0, 0.05) is 37.8 Å². The van der Waals surface area contributed by atoms with Crippen molar-refractivity contribution in [3.8, 4) is 0 Å². The summed E-state index contributed by atoms with van der Waals surface area (Å²) in [7, 11) is 0. The molecule has 0 radical (unpaired) electrons. The van der Waals surface area contributed by atoms with E-state index >= 15 is 0 Å². The fourth-order valence-electron chi connectivity index (χ4n) is 0.833. The third-order valence-corrected chi connectivity index (χ3v) is 1.45. The third-order valence-electron chi connectivity index (χ3n) is 1.45. The minimum Gasteiger partial charge on any atom is -0.381 e. The first-order valence-electron chi connectivity index (χ1n) is 4.78. The predicted octanol–water partition coefficient (Wildman–Crippen LogP) is 1.07. The molecule has 0 bridgehead atoms. The van der Waals surface area contributed by atoms with Crippen LogP contribution in [0.3, 0.4) is 0 Å². The number of azide groups is 1. The molecule has 0 aliphatic heterocycles. The van der Waals surface area contributed by atoms with Crippen LogP contribution in [0.25, 0.3) is 10.4 Å². The Morgan fingerprint density at radius 2 is 1.71 bits per heavy atom. The van der Waals surface area contributed by atoms with Crippen LogP contribution in [0.1, 0.15) is 12.8 Å². The summed E-state index contributed by atoms with van der Waals surface area (Å²) in [4.78, 5) is 2.64. The van der Waals surface area contributed by atoms with Gasteiger partial charge in [0.1, 0.15) is 0 Å². The number of nitrogens with zero attached hydrogens (tertiary/aromatic N) is 3. The first-order chi connectivity index (χ1) is 6.91. The minimum atomic E-state index is 0.500. The highest BCUT2D eigenvalue weighted by atomic mass is 16.5. The van der Waals surface area contributed by atoms with Gasteiger partial charge in [-0.3, -0.25) is 0 Å². The van der Waals surface area contributed by atoms with Gasteiger partial charge in [-0.2, -0.15) is 0 Å². The number of ether oxygens (including phenoxy) is 2. The summed E-state index contributed by atoms with van der Waals surface area (Å²) in [5, 5.41) is 3.39. The smallest absolute Gasteiger partial charge is 0.0588 e. The third kappa shape index (κ3) is 11.2. The molecule has 0 aliphatic carbocycles. The van der Waals surface area contributed by atoms with Crippen LogP contribution < -0.4 is 5.73 Å². The van der Waals surface area contributed by atoms with E-state index in [1.165, 1.54) is 0 Å². The van der Waals surface area contributed by atoms with Crippen LogP contribution in [-0.2, 0) is 9.47 Å². The number of hydrogen-bond acceptors (Lipinski definition) is 4. The average molecular weight is 202 g/mol. The average Bonchev–Trinajstić information content (AvgIpc) is 2.21. The van der Waals surface area contributed by atoms with E-state index in [1.54, 1.807) is 0 Å². The van der Waals surface area contributed by atoms with Crippen molar-refractivity contribution in [1.29, 1.82) is 0 Å². The van der Waals surface area contributed by atoms with Crippen molar-refractivity contribution in [3.05, 3.63) is 10.4 Å². The maximum atomic E-state index is 7.98. The SMILES string of the molecule is [N-]=[N+]=NCCCOCCCOCCN. The van der Waals surface area contributed by atoms with E-state index in [4.69, 9.17) is 20.7 Å². The Kier molecular flexibility index (Phi) is 11.5. The summed E-state index contributed by atoms with van der Waals surface area (Å²) in [5.41, 5.74) is 13.2. The van der Waals surface area contributed by atoms with E-state index in [-0.39, 0.29) is 0 Å². The largest absolute Gasteiger partial charge is 0.381 e. The highest BCUT2D eigenvalue weighted by Crippen LogP contribution is 1.88. The lowest BCUT2D eigenvalue weighted by molar-refractivity contribution is 0.0854. The van der Waals surface area contributed by atoms with Gasteiger partial charge in [-0.25, -0.2) is 0 Å². The topological polar surface area (TPSA) is 93.2 Å². The van der Waals surface area contributed by atoms with Crippen molar-refractivity contribution < 1.29 is 9.47 Å². The van der Waals surface area contributed by atoms with Gasteiger partial charge in [-0.05, 0) is 18.4 Å². The zero-order valence-corrected chi connectivity index (χ0v) is 8.39. The summed E-state index contributed by atoms with van der Waals surface area (Å²) < 4.78 is 10.4. The van der Waals surface area contributed by atoms with Gasteiger partial charge in [0.05, 0.1) is 6.61 Å². The summed E-state index contributed by atoms with van der Waals surface area (Å²) >= 11 is 0. The Balaban J connectivity index is 2.88. The molecule has 2 N–H and O–H groups in total. The van der Waals surface area contributed by atoms with Crippen LogP contribution in [0.5, 0.6) is 0 Å². The van der Waals surface area contributed by atoms with Crippen LogP contribution >= 0.6 is 0 Å². The summed E-state index contributed by atoms with van der Waals surface area (Å²) in [6.45, 7) is 3.67. The molecule has 6 heteroatoms. The Hall–Kier alpha value is -0.810. The fourth-order valence-corrected chi connectivity index (χ4v) is 0.833. The molecule has 0 aromatic heterocycles. The van der Waals surface area contributed by atoms with Gasteiger partial charge in [-0.15, -0.1) is 0 Å². The first-order valence-corrected chi connectivity index (χ1v) is 4.78. The van der Waals surface area contributed by atoms with Crippen molar-refractivity contribution in [2.75, 3.05) is 39.5 Å². The van der Waals surface area contributed by atoms with Crippen molar-refractivity contribution in [3.63, 3.8) is 0 Å². The summed E-state index contributed by atoms with van der Waals surface area (Å²) in [5.74, 6) is 0. The highest BCUT2D eigenvalue weighted by Gasteiger charge is 1.89. The molecule has 0 amide bonds. The number of hydrogen-bond donors (Lipinski definition) is 1. The van der Waals surface area contributed by atoms with E-state index in [0.29, 0.717) is 39.5 Å². The standard InChI is InChI=1S/C8H18N4O2/c9-3-8-14-7-2-6-13-5-1-4-11-12-10/h1-9H2. The molecule has 0 aliphatic rings. The van der Waals surface area contributed by atoms with Crippen LogP contribution in [0.2, 0.25) is 0 Å². The van der Waals surface area contributed by atoms with Crippen LogP contribution in [-0.4, -0.2) is 39.5 Å². The van der Waals surface area contributed by atoms with Crippen LogP contribution in [0.4, 0.5) is 0 Å². The molecule has 14 heavy (non-hydrogen) atoms. The molecule has 82 valence electrons. The normalized spacial score (nSPS) is 9.79. The second kappa shape index (κ2) is 12.2. The molecule has 0 spiro atoms. The van der Waals surface area contributed by atoms with Gasteiger partial charge in [0.2, 0.25) is 0 Å². The van der Waals surface area contributed by atoms with Gasteiger partial charge >= 0.3 is 0 Å². The zero-order valence-electron chi connectivity index (χ0n) is 8.39. The molecular weight excluding hydrogens is 184 g/mol. The Morgan fingerprint density at radius 3 is 2.36 bits per heavy atom. The molecule has 0 unspecified atom stereocenters. The second-order valence-corrected chi connectivity index (χ2v) is 2.67. The molecule has 0 saturated carbocycles. The van der Waals surface area contributed by atoms with Gasteiger partial charge in [-0.1, -0.05) is 5.11 Å². The Morgan fingerprint density at radius 1 is 1.07 bits per heavy atom. The quantitative estimate of drug-likeness (QED) is 0.248. The molecular formula is C8H18N4O2. The molecule has 6 nitrogen and oxygen atoms in total. The molecule has 0 rings (SSSR count). The number of nitrogens with two attached hydrogens (primary N) is 1. The van der Waals surface area contributed by atoms with Gasteiger partial charge in [0.25, 0.3) is 0 Å². The predicted molar refractivity (Wildman–Crippen MR) is 53.9 cm³/mol. The minimum absolute atomic E-state index is 0.500. The van der Waals surface area contributed by atoms with Gasteiger partial charge < -0.3 is 15.2 Å². The van der Waals surface area contributed by atoms with Crippen molar-refractivity contribution in [2.45, 2.75) is 12.8 Å². The van der Waals surface area contributed by atoms with Gasteiger partial charge in [0.15, 0.2) is 0 Å². The monoisotopic (exact) mass is 202 g/mol.